The van der Waals surface area contributed by atoms with Crippen LogP contribution in [-0.2, 0) is 0 Å². The van der Waals surface area contributed by atoms with E-state index in [9.17, 15) is 4.79 Å². The highest BCUT2D eigenvalue weighted by atomic mass is 32.1. The van der Waals surface area contributed by atoms with E-state index in [1.807, 2.05) is 52.9 Å². The van der Waals surface area contributed by atoms with Gasteiger partial charge in [0.1, 0.15) is 0 Å². The summed E-state index contributed by atoms with van der Waals surface area (Å²) in [6.45, 7) is 1.85. The normalized spacial score (nSPS) is 15.5. The van der Waals surface area contributed by atoms with Crippen molar-refractivity contribution < 1.29 is 4.79 Å². The number of hydrogen-bond donors (Lipinski definition) is 1. The Balaban J connectivity index is 1.73. The summed E-state index contributed by atoms with van der Waals surface area (Å²) in [6, 6.07) is 13.8. The molecule has 5 heteroatoms. The van der Waals surface area contributed by atoms with Gasteiger partial charge < -0.3 is 0 Å². The predicted octanol–water partition coefficient (Wildman–Crippen LogP) is 4.09. The molecule has 1 amide bonds. The third-order valence-electron chi connectivity index (χ3n) is 4.35. The van der Waals surface area contributed by atoms with E-state index < -0.39 is 0 Å². The number of amides is 1. The Hall–Kier alpha value is -2.24. The van der Waals surface area contributed by atoms with Crippen LogP contribution < -0.4 is 5.43 Å². The van der Waals surface area contributed by atoms with E-state index in [0.29, 0.717) is 5.56 Å². The second-order valence-electron chi connectivity index (χ2n) is 6.04. The molecule has 0 atom stereocenters. The molecule has 4 rings (SSSR count). The molecule has 0 bridgehead atoms. The van der Waals surface area contributed by atoms with Gasteiger partial charge in [0, 0.05) is 18.5 Å². The van der Waals surface area contributed by atoms with E-state index in [0.717, 1.165) is 47.4 Å². The van der Waals surface area contributed by atoms with Crippen LogP contribution in [-0.4, -0.2) is 29.0 Å². The second-order valence-corrected chi connectivity index (χ2v) is 6.99. The molecule has 1 aromatic carbocycles. The zero-order chi connectivity index (χ0) is 16.4. The van der Waals surface area contributed by atoms with Crippen molar-refractivity contribution in [3.8, 4) is 10.6 Å². The molecule has 4 nitrogen and oxygen atoms in total. The third kappa shape index (κ3) is 3.05. The van der Waals surface area contributed by atoms with Crippen LogP contribution in [0, 0.1) is 0 Å². The molecule has 1 N–H and O–H groups in total. The number of benzene rings is 1. The number of thiophene rings is 1. The number of aromatic nitrogens is 1. The molecule has 0 radical (unpaired) electrons. The summed E-state index contributed by atoms with van der Waals surface area (Å²) < 4.78 is 0. The van der Waals surface area contributed by atoms with Gasteiger partial charge in [-0.05, 0) is 36.4 Å². The number of hydrazine groups is 1. The van der Waals surface area contributed by atoms with Gasteiger partial charge in [0.2, 0.25) is 0 Å². The molecule has 0 aliphatic carbocycles. The Morgan fingerprint density at radius 3 is 2.71 bits per heavy atom. The first-order valence-electron chi connectivity index (χ1n) is 8.31. The van der Waals surface area contributed by atoms with Gasteiger partial charge in [-0.25, -0.2) is 9.99 Å². The number of nitrogens with one attached hydrogen (secondary N) is 1. The van der Waals surface area contributed by atoms with Crippen molar-refractivity contribution in [2.45, 2.75) is 19.3 Å². The maximum atomic E-state index is 12.9. The number of hydrogen-bond acceptors (Lipinski definition) is 4. The Labute approximate surface area is 145 Å². The minimum absolute atomic E-state index is 0.0479. The Morgan fingerprint density at radius 2 is 1.92 bits per heavy atom. The molecule has 0 unspecified atom stereocenters. The molecule has 2 aromatic heterocycles. The predicted molar refractivity (Wildman–Crippen MR) is 97.9 cm³/mol. The molecule has 1 fully saturated rings. The van der Waals surface area contributed by atoms with E-state index in [1.165, 1.54) is 6.42 Å². The van der Waals surface area contributed by atoms with Gasteiger partial charge in [-0.3, -0.25) is 10.2 Å². The van der Waals surface area contributed by atoms with Crippen molar-refractivity contribution in [1.29, 1.82) is 0 Å². The number of nitrogens with zero attached hydrogens (tertiary/aromatic N) is 2. The van der Waals surface area contributed by atoms with Gasteiger partial charge in [0.15, 0.2) is 0 Å². The molecule has 1 aliphatic rings. The third-order valence-corrected chi connectivity index (χ3v) is 5.24. The zero-order valence-corrected chi connectivity index (χ0v) is 14.2. The van der Waals surface area contributed by atoms with Crippen LogP contribution in [0.5, 0.6) is 0 Å². The monoisotopic (exact) mass is 337 g/mol. The quantitative estimate of drug-likeness (QED) is 0.783. The first kappa shape index (κ1) is 15.3. The van der Waals surface area contributed by atoms with Crippen LogP contribution in [0.2, 0.25) is 0 Å². The van der Waals surface area contributed by atoms with E-state index in [4.69, 9.17) is 4.98 Å². The fourth-order valence-corrected chi connectivity index (χ4v) is 3.81. The maximum absolute atomic E-state index is 12.9. The first-order chi connectivity index (χ1) is 11.8. The lowest BCUT2D eigenvalue weighted by Crippen LogP contribution is -2.45. The van der Waals surface area contributed by atoms with Crippen LogP contribution in [0.4, 0.5) is 0 Å². The van der Waals surface area contributed by atoms with Crippen molar-refractivity contribution in [3.63, 3.8) is 0 Å². The summed E-state index contributed by atoms with van der Waals surface area (Å²) in [5.74, 6) is -0.0479. The van der Waals surface area contributed by atoms with E-state index in [-0.39, 0.29) is 5.91 Å². The van der Waals surface area contributed by atoms with Crippen molar-refractivity contribution in [3.05, 3.63) is 53.4 Å². The Morgan fingerprint density at radius 1 is 1.08 bits per heavy atom. The smallest absolute Gasteiger partial charge is 0.266 e. The lowest BCUT2D eigenvalue weighted by Gasteiger charge is -2.27. The standard InChI is InChI=1S/C19H19N3OS/c23-19(21-22-10-4-1-5-11-22)15-13-17(18-9-6-12-24-18)20-16-8-3-2-7-14(15)16/h2-3,6-9,12-13H,1,4-5,10-11H2,(H,21,23). The summed E-state index contributed by atoms with van der Waals surface area (Å²) in [7, 11) is 0. The molecule has 3 heterocycles. The molecular formula is C19H19N3OS. The van der Waals surface area contributed by atoms with Crippen molar-refractivity contribution in [2.75, 3.05) is 13.1 Å². The molecule has 24 heavy (non-hydrogen) atoms. The molecule has 0 spiro atoms. The van der Waals surface area contributed by atoms with Crippen LogP contribution in [0.25, 0.3) is 21.5 Å². The van der Waals surface area contributed by atoms with Crippen molar-refractivity contribution in [2.24, 2.45) is 0 Å². The van der Waals surface area contributed by atoms with Gasteiger partial charge in [0.05, 0.1) is 21.7 Å². The summed E-state index contributed by atoms with van der Waals surface area (Å²) in [5.41, 5.74) is 5.47. The fraction of sp³-hybridized carbons (Fsp3) is 0.263. The van der Waals surface area contributed by atoms with E-state index >= 15 is 0 Å². The van der Waals surface area contributed by atoms with Crippen LogP contribution in [0.3, 0.4) is 0 Å². The van der Waals surface area contributed by atoms with E-state index in [2.05, 4.69) is 5.43 Å². The molecule has 3 aromatic rings. The lowest BCUT2D eigenvalue weighted by atomic mass is 10.1. The largest absolute Gasteiger partial charge is 0.285 e. The topological polar surface area (TPSA) is 45.2 Å². The van der Waals surface area contributed by atoms with Gasteiger partial charge in [-0.2, -0.15) is 0 Å². The summed E-state index contributed by atoms with van der Waals surface area (Å²) in [5, 5.41) is 4.96. The molecule has 1 aliphatic heterocycles. The van der Waals surface area contributed by atoms with Gasteiger partial charge in [-0.1, -0.05) is 30.7 Å². The number of fused-ring (bicyclic) bond motifs is 1. The molecule has 1 saturated heterocycles. The lowest BCUT2D eigenvalue weighted by molar-refractivity contribution is 0.0752. The Kier molecular flexibility index (Phi) is 4.28. The van der Waals surface area contributed by atoms with Crippen molar-refractivity contribution in [1.82, 2.24) is 15.4 Å². The average Bonchev–Trinajstić information content (AvgIpc) is 3.16. The minimum Gasteiger partial charge on any atom is -0.285 e. The number of rotatable bonds is 3. The second kappa shape index (κ2) is 6.71. The van der Waals surface area contributed by atoms with Gasteiger partial charge in [-0.15, -0.1) is 11.3 Å². The number of carbonyl (C=O) groups excluding carboxylic acids is 1. The number of para-hydroxylation sites is 1. The SMILES string of the molecule is O=C(NN1CCCCC1)c1cc(-c2cccs2)nc2ccccc12. The van der Waals surface area contributed by atoms with Crippen LogP contribution in [0.1, 0.15) is 29.6 Å². The van der Waals surface area contributed by atoms with Gasteiger partial charge >= 0.3 is 0 Å². The maximum Gasteiger partial charge on any atom is 0.266 e. The molecule has 122 valence electrons. The fourth-order valence-electron chi connectivity index (χ4n) is 3.12. The molecular weight excluding hydrogens is 318 g/mol. The highest BCUT2D eigenvalue weighted by molar-refractivity contribution is 7.13. The minimum atomic E-state index is -0.0479. The van der Waals surface area contributed by atoms with Crippen LogP contribution >= 0.6 is 11.3 Å². The van der Waals surface area contributed by atoms with Crippen LogP contribution in [0.15, 0.2) is 47.8 Å². The number of pyridine rings is 1. The van der Waals surface area contributed by atoms with Gasteiger partial charge in [0.25, 0.3) is 5.91 Å². The summed E-state index contributed by atoms with van der Waals surface area (Å²) in [6.07, 6.45) is 3.52. The highest BCUT2D eigenvalue weighted by Gasteiger charge is 2.18. The van der Waals surface area contributed by atoms with Crippen molar-refractivity contribution >= 4 is 28.1 Å². The number of carbonyl (C=O) groups is 1. The number of piperidine rings is 1. The first-order valence-corrected chi connectivity index (χ1v) is 9.19. The average molecular weight is 337 g/mol. The zero-order valence-electron chi connectivity index (χ0n) is 13.4. The van der Waals surface area contributed by atoms with E-state index in [1.54, 1.807) is 11.3 Å². The highest BCUT2D eigenvalue weighted by Crippen LogP contribution is 2.28. The Bertz CT molecular complexity index is 854. The summed E-state index contributed by atoms with van der Waals surface area (Å²) in [4.78, 5) is 18.7. The molecule has 0 saturated carbocycles. The summed E-state index contributed by atoms with van der Waals surface area (Å²) >= 11 is 1.64.